The highest BCUT2D eigenvalue weighted by Gasteiger charge is 2.30. The van der Waals surface area contributed by atoms with Crippen LogP contribution >= 0.6 is 15.9 Å². The molecule has 4 rings (SSSR count). The first kappa shape index (κ1) is 21.9. The minimum Gasteiger partial charge on any atom is -0.497 e. The van der Waals surface area contributed by atoms with E-state index in [-0.39, 0.29) is 18.9 Å². The van der Waals surface area contributed by atoms with E-state index >= 15 is 0 Å². The number of carboxylic acids is 1. The van der Waals surface area contributed by atoms with Crippen molar-refractivity contribution in [1.82, 2.24) is 5.32 Å². The van der Waals surface area contributed by atoms with Crippen molar-refractivity contribution in [2.24, 2.45) is 0 Å². The molecular weight excluding hydrogens is 474 g/mol. The molecule has 0 bridgehead atoms. The van der Waals surface area contributed by atoms with E-state index in [9.17, 15) is 14.7 Å². The molecule has 0 saturated carbocycles. The fraction of sp³-hybridized carbons (Fsp3) is 0.200. The second kappa shape index (κ2) is 9.44. The molecule has 0 spiro atoms. The van der Waals surface area contributed by atoms with E-state index in [0.29, 0.717) is 11.3 Å². The zero-order valence-electron chi connectivity index (χ0n) is 17.4. The maximum atomic E-state index is 12.5. The van der Waals surface area contributed by atoms with Gasteiger partial charge < -0.3 is 19.9 Å². The summed E-state index contributed by atoms with van der Waals surface area (Å²) in [5.41, 5.74) is 5.15. The molecule has 1 amide bonds. The van der Waals surface area contributed by atoms with E-state index in [2.05, 4.69) is 33.4 Å². The van der Waals surface area contributed by atoms with Crippen LogP contribution < -0.4 is 10.1 Å². The molecule has 1 atom stereocenters. The summed E-state index contributed by atoms with van der Waals surface area (Å²) < 4.78 is 11.4. The Morgan fingerprint density at radius 3 is 2.25 bits per heavy atom. The predicted octanol–water partition coefficient (Wildman–Crippen LogP) is 4.99. The maximum Gasteiger partial charge on any atom is 0.407 e. The number of halogens is 1. The van der Waals surface area contributed by atoms with Crippen molar-refractivity contribution in [2.75, 3.05) is 13.7 Å². The van der Waals surface area contributed by atoms with E-state index in [1.807, 2.05) is 36.4 Å². The first-order valence-electron chi connectivity index (χ1n) is 10.1. The van der Waals surface area contributed by atoms with Gasteiger partial charge in [0, 0.05) is 16.8 Å². The van der Waals surface area contributed by atoms with E-state index < -0.39 is 18.1 Å². The monoisotopic (exact) mass is 495 g/mol. The molecule has 3 aromatic rings. The van der Waals surface area contributed by atoms with Crippen molar-refractivity contribution < 1.29 is 24.2 Å². The van der Waals surface area contributed by atoms with Crippen LogP contribution in [0.2, 0.25) is 0 Å². The Morgan fingerprint density at radius 1 is 1.03 bits per heavy atom. The zero-order valence-corrected chi connectivity index (χ0v) is 19.0. The topological polar surface area (TPSA) is 84.9 Å². The van der Waals surface area contributed by atoms with Crippen molar-refractivity contribution in [3.8, 4) is 16.9 Å². The van der Waals surface area contributed by atoms with E-state index in [0.717, 1.165) is 26.7 Å². The van der Waals surface area contributed by atoms with Gasteiger partial charge in [-0.25, -0.2) is 9.59 Å². The summed E-state index contributed by atoms with van der Waals surface area (Å²) in [5, 5.41) is 12.1. The lowest BCUT2D eigenvalue weighted by Crippen LogP contribution is -2.43. The quantitative estimate of drug-likeness (QED) is 0.482. The van der Waals surface area contributed by atoms with Gasteiger partial charge in [-0.2, -0.15) is 0 Å². The van der Waals surface area contributed by atoms with Gasteiger partial charge in [0.2, 0.25) is 0 Å². The minimum atomic E-state index is -1.15. The molecule has 1 aliphatic carbocycles. The SMILES string of the molecule is COc1ccc(Br)c(CC(NC(=O)OCC2c3ccccc3-c3ccccc32)C(=O)O)c1. The third-order valence-electron chi connectivity index (χ3n) is 5.61. The highest BCUT2D eigenvalue weighted by molar-refractivity contribution is 9.10. The number of nitrogens with one attached hydrogen (secondary N) is 1. The van der Waals surface area contributed by atoms with E-state index in [1.165, 1.54) is 7.11 Å². The number of carbonyl (C=O) groups is 2. The Balaban J connectivity index is 1.44. The summed E-state index contributed by atoms with van der Waals surface area (Å²) in [6, 6.07) is 20.2. The molecule has 0 saturated heterocycles. The van der Waals surface area contributed by atoms with Crippen LogP contribution in [0.15, 0.2) is 71.2 Å². The number of benzene rings is 3. The largest absolute Gasteiger partial charge is 0.497 e. The summed E-state index contributed by atoms with van der Waals surface area (Å²) in [7, 11) is 1.54. The third kappa shape index (κ3) is 4.48. The van der Waals surface area contributed by atoms with Gasteiger partial charge in [-0.1, -0.05) is 64.5 Å². The Labute approximate surface area is 194 Å². The Hall–Kier alpha value is -3.32. The molecule has 0 aliphatic heterocycles. The van der Waals surface area contributed by atoms with Crippen LogP contribution in [0.3, 0.4) is 0 Å². The molecule has 6 nitrogen and oxygen atoms in total. The Morgan fingerprint density at radius 2 is 1.66 bits per heavy atom. The van der Waals surface area contributed by atoms with Crippen molar-refractivity contribution in [2.45, 2.75) is 18.4 Å². The van der Waals surface area contributed by atoms with Crippen molar-refractivity contribution in [3.05, 3.63) is 87.9 Å². The van der Waals surface area contributed by atoms with Crippen LogP contribution in [-0.4, -0.2) is 36.9 Å². The second-order valence-corrected chi connectivity index (χ2v) is 8.38. The number of ether oxygens (including phenoxy) is 2. The Kier molecular flexibility index (Phi) is 6.46. The molecule has 7 heteroatoms. The van der Waals surface area contributed by atoms with Gasteiger partial charge in [0.15, 0.2) is 0 Å². The van der Waals surface area contributed by atoms with E-state index in [4.69, 9.17) is 9.47 Å². The number of aliphatic carboxylic acids is 1. The van der Waals surface area contributed by atoms with Crippen LogP contribution in [0.4, 0.5) is 4.79 Å². The predicted molar refractivity (Wildman–Crippen MR) is 124 cm³/mol. The average molecular weight is 496 g/mol. The van der Waals surface area contributed by atoms with Gasteiger partial charge in [0.1, 0.15) is 18.4 Å². The summed E-state index contributed by atoms with van der Waals surface area (Å²) in [5.74, 6) is -0.634. The lowest BCUT2D eigenvalue weighted by Gasteiger charge is -2.18. The standard InChI is InChI=1S/C25H22BrNO5/c1-31-16-10-11-22(26)15(12-16)13-23(24(28)29)27-25(30)32-14-21-19-8-4-2-6-17(19)18-7-3-5-9-20(18)21/h2-12,21,23H,13-14H2,1H3,(H,27,30)(H,28,29). The molecule has 0 heterocycles. The number of alkyl carbamates (subject to hydrolysis) is 1. The average Bonchev–Trinajstić information content (AvgIpc) is 3.12. The van der Waals surface area contributed by atoms with Crippen molar-refractivity contribution >= 4 is 28.0 Å². The number of amides is 1. The highest BCUT2D eigenvalue weighted by atomic mass is 79.9. The van der Waals surface area contributed by atoms with E-state index in [1.54, 1.807) is 18.2 Å². The lowest BCUT2D eigenvalue weighted by atomic mass is 9.98. The molecule has 0 radical (unpaired) electrons. The first-order chi connectivity index (χ1) is 15.5. The van der Waals surface area contributed by atoms with Crippen molar-refractivity contribution in [3.63, 3.8) is 0 Å². The number of hydrogen-bond acceptors (Lipinski definition) is 4. The maximum absolute atomic E-state index is 12.5. The Bertz CT molecular complexity index is 1120. The highest BCUT2D eigenvalue weighted by Crippen LogP contribution is 2.44. The number of methoxy groups -OCH3 is 1. The van der Waals surface area contributed by atoms with Gasteiger partial charge >= 0.3 is 12.1 Å². The molecule has 32 heavy (non-hydrogen) atoms. The van der Waals surface area contributed by atoms with Gasteiger partial charge in [0.05, 0.1) is 7.11 Å². The lowest BCUT2D eigenvalue weighted by molar-refractivity contribution is -0.139. The molecule has 1 aliphatic rings. The molecule has 1 unspecified atom stereocenters. The number of fused-ring (bicyclic) bond motifs is 3. The molecule has 2 N–H and O–H groups in total. The van der Waals surface area contributed by atoms with Crippen molar-refractivity contribution in [1.29, 1.82) is 0 Å². The summed E-state index contributed by atoms with van der Waals surface area (Å²) in [6.45, 7) is 0.120. The smallest absolute Gasteiger partial charge is 0.407 e. The zero-order chi connectivity index (χ0) is 22.7. The number of rotatable bonds is 7. The first-order valence-corrected chi connectivity index (χ1v) is 10.9. The van der Waals surface area contributed by atoms with Gasteiger partial charge in [-0.15, -0.1) is 0 Å². The second-order valence-electron chi connectivity index (χ2n) is 7.52. The number of carboxylic acid groups (broad SMARTS) is 1. The molecule has 0 fully saturated rings. The summed E-state index contributed by atoms with van der Waals surface area (Å²) >= 11 is 3.42. The summed E-state index contributed by atoms with van der Waals surface area (Å²) in [6.07, 6.45) is -0.685. The fourth-order valence-corrected chi connectivity index (χ4v) is 4.45. The normalized spacial score (nSPS) is 13.1. The van der Waals surface area contributed by atoms with Gasteiger partial charge in [-0.05, 0) is 46.0 Å². The molecule has 164 valence electrons. The fourth-order valence-electron chi connectivity index (χ4n) is 4.04. The molecule has 0 aromatic heterocycles. The minimum absolute atomic E-state index is 0.0807. The van der Waals surface area contributed by atoms with Crippen LogP contribution in [0.25, 0.3) is 11.1 Å². The van der Waals surface area contributed by atoms with Crippen LogP contribution in [0, 0.1) is 0 Å². The molecular formula is C25H22BrNO5. The number of carbonyl (C=O) groups excluding carboxylic acids is 1. The van der Waals surface area contributed by atoms with Crippen LogP contribution in [-0.2, 0) is 16.0 Å². The van der Waals surface area contributed by atoms with Crippen LogP contribution in [0.1, 0.15) is 22.6 Å². The molecule has 3 aromatic carbocycles. The number of hydrogen-bond donors (Lipinski definition) is 2. The summed E-state index contributed by atoms with van der Waals surface area (Å²) in [4.78, 5) is 24.3. The van der Waals surface area contributed by atoms with Gasteiger partial charge in [-0.3, -0.25) is 0 Å². The van der Waals surface area contributed by atoms with Crippen LogP contribution in [0.5, 0.6) is 5.75 Å². The third-order valence-corrected chi connectivity index (χ3v) is 6.38. The van der Waals surface area contributed by atoms with Gasteiger partial charge in [0.25, 0.3) is 0 Å².